The number of rotatable bonds is 5. The molecular weight excluding hydrogens is 259 g/mol. The Kier molecular flexibility index (Phi) is 4.30. The highest BCUT2D eigenvalue weighted by molar-refractivity contribution is 5.68. The van der Waals surface area contributed by atoms with E-state index in [1.54, 1.807) is 13.2 Å². The Labute approximate surface area is 117 Å². The third-order valence-electron chi connectivity index (χ3n) is 2.94. The molecule has 3 N–H and O–H groups in total. The van der Waals surface area contributed by atoms with E-state index in [0.717, 1.165) is 11.3 Å². The fourth-order valence-corrected chi connectivity index (χ4v) is 1.86. The Morgan fingerprint density at radius 3 is 2.65 bits per heavy atom. The van der Waals surface area contributed by atoms with Gasteiger partial charge in [-0.3, -0.25) is 0 Å². The number of halogens is 1. The first-order chi connectivity index (χ1) is 9.63. The van der Waals surface area contributed by atoms with Gasteiger partial charge in [-0.1, -0.05) is 12.1 Å². The summed E-state index contributed by atoms with van der Waals surface area (Å²) < 4.78 is 23.5. The second-order valence-electron chi connectivity index (χ2n) is 4.28. The smallest absolute Gasteiger partial charge is 0.167 e. The molecule has 5 heteroatoms. The van der Waals surface area contributed by atoms with E-state index in [1.807, 2.05) is 24.3 Å². The maximum Gasteiger partial charge on any atom is 0.167 e. The van der Waals surface area contributed by atoms with Crippen LogP contribution in [0.1, 0.15) is 5.56 Å². The zero-order valence-corrected chi connectivity index (χ0v) is 11.4. The van der Waals surface area contributed by atoms with Gasteiger partial charge >= 0.3 is 0 Å². The van der Waals surface area contributed by atoms with E-state index >= 15 is 0 Å². The average molecular weight is 276 g/mol. The van der Waals surface area contributed by atoms with Gasteiger partial charge in [0, 0.05) is 18.7 Å². The quantitative estimate of drug-likeness (QED) is 0.824. The van der Waals surface area contributed by atoms with Crippen LogP contribution in [-0.2, 0) is 6.54 Å². The summed E-state index contributed by atoms with van der Waals surface area (Å²) in [6.07, 6.45) is 0. The molecular formula is C15H17FN2O2. The van der Waals surface area contributed by atoms with E-state index in [0.29, 0.717) is 17.9 Å². The number of nitrogen functional groups attached to an aromatic ring is 1. The van der Waals surface area contributed by atoms with Gasteiger partial charge in [-0.25, -0.2) is 4.39 Å². The molecule has 4 nitrogen and oxygen atoms in total. The average Bonchev–Trinajstić information content (AvgIpc) is 2.46. The van der Waals surface area contributed by atoms with Crippen molar-refractivity contribution in [1.29, 1.82) is 0 Å². The van der Waals surface area contributed by atoms with Crippen LogP contribution in [0.15, 0.2) is 36.4 Å². The van der Waals surface area contributed by atoms with Gasteiger partial charge in [0.05, 0.1) is 25.6 Å². The summed E-state index contributed by atoms with van der Waals surface area (Å²) in [5, 5.41) is 3.16. The molecule has 0 radical (unpaired) electrons. The fraction of sp³-hybridized carbons (Fsp3) is 0.200. The Balaban J connectivity index is 2.14. The first-order valence-electron chi connectivity index (χ1n) is 6.14. The highest BCUT2D eigenvalue weighted by atomic mass is 19.1. The number of nitrogens with two attached hydrogens (primary N) is 1. The molecule has 0 heterocycles. The number of hydrogen-bond acceptors (Lipinski definition) is 4. The molecule has 0 fully saturated rings. The molecule has 0 aliphatic rings. The number of anilines is 2. The molecule has 2 rings (SSSR count). The van der Waals surface area contributed by atoms with E-state index in [9.17, 15) is 4.39 Å². The lowest BCUT2D eigenvalue weighted by Crippen LogP contribution is -2.04. The first-order valence-corrected chi connectivity index (χ1v) is 6.14. The summed E-state index contributed by atoms with van der Waals surface area (Å²) >= 11 is 0. The van der Waals surface area contributed by atoms with Crippen LogP contribution in [0, 0.1) is 5.82 Å². The molecule has 0 unspecified atom stereocenters. The molecule has 0 bridgehead atoms. The van der Waals surface area contributed by atoms with Crippen molar-refractivity contribution in [2.75, 3.05) is 25.3 Å². The number of hydrogen-bond donors (Lipinski definition) is 2. The van der Waals surface area contributed by atoms with Gasteiger partial charge in [0.15, 0.2) is 11.6 Å². The Morgan fingerprint density at radius 1 is 1.15 bits per heavy atom. The second-order valence-corrected chi connectivity index (χ2v) is 4.28. The van der Waals surface area contributed by atoms with E-state index < -0.39 is 5.82 Å². The van der Waals surface area contributed by atoms with Crippen molar-refractivity contribution in [3.63, 3.8) is 0 Å². The van der Waals surface area contributed by atoms with Crippen LogP contribution in [0.25, 0.3) is 0 Å². The van der Waals surface area contributed by atoms with E-state index in [1.165, 1.54) is 13.2 Å². The van der Waals surface area contributed by atoms with Gasteiger partial charge < -0.3 is 20.5 Å². The van der Waals surface area contributed by atoms with E-state index in [-0.39, 0.29) is 5.75 Å². The highest BCUT2D eigenvalue weighted by Gasteiger charge is 2.08. The molecule has 106 valence electrons. The molecule has 0 spiro atoms. The van der Waals surface area contributed by atoms with Crippen molar-refractivity contribution < 1.29 is 13.9 Å². The van der Waals surface area contributed by atoms with Gasteiger partial charge in [0.1, 0.15) is 5.75 Å². The maximum atomic E-state index is 13.4. The summed E-state index contributed by atoms with van der Waals surface area (Å²) in [6.45, 7) is 0.552. The number of benzene rings is 2. The van der Waals surface area contributed by atoms with Crippen molar-refractivity contribution in [3.8, 4) is 11.5 Å². The summed E-state index contributed by atoms with van der Waals surface area (Å²) in [5.41, 5.74) is 7.79. The topological polar surface area (TPSA) is 56.5 Å². The van der Waals surface area contributed by atoms with Gasteiger partial charge in [-0.05, 0) is 17.7 Å². The lowest BCUT2D eigenvalue weighted by Gasteiger charge is -2.12. The normalized spacial score (nSPS) is 10.2. The zero-order valence-electron chi connectivity index (χ0n) is 11.4. The predicted molar refractivity (Wildman–Crippen MR) is 77.7 cm³/mol. The van der Waals surface area contributed by atoms with Crippen molar-refractivity contribution in [1.82, 2.24) is 0 Å². The van der Waals surface area contributed by atoms with Crippen LogP contribution in [0.2, 0.25) is 0 Å². The lowest BCUT2D eigenvalue weighted by molar-refractivity contribution is 0.387. The largest absolute Gasteiger partial charge is 0.497 e. The van der Waals surface area contributed by atoms with Crippen LogP contribution in [0.4, 0.5) is 15.8 Å². The second kappa shape index (κ2) is 6.14. The van der Waals surface area contributed by atoms with Crippen LogP contribution < -0.4 is 20.5 Å². The number of ether oxygens (including phenoxy) is 2. The minimum atomic E-state index is -0.475. The molecule has 0 aliphatic carbocycles. The van der Waals surface area contributed by atoms with Crippen molar-refractivity contribution in [2.45, 2.75) is 6.54 Å². The van der Waals surface area contributed by atoms with Gasteiger partial charge in [-0.15, -0.1) is 0 Å². The minimum Gasteiger partial charge on any atom is -0.497 e. The molecule has 0 aliphatic heterocycles. The summed E-state index contributed by atoms with van der Waals surface area (Å²) in [7, 11) is 3.04. The lowest BCUT2D eigenvalue weighted by atomic mass is 10.2. The maximum absolute atomic E-state index is 13.4. The molecule has 2 aromatic carbocycles. The van der Waals surface area contributed by atoms with Crippen molar-refractivity contribution >= 4 is 11.4 Å². The van der Waals surface area contributed by atoms with Crippen LogP contribution in [0.3, 0.4) is 0 Å². The predicted octanol–water partition coefficient (Wildman–Crippen LogP) is 3.04. The van der Waals surface area contributed by atoms with Crippen LogP contribution >= 0.6 is 0 Å². The Morgan fingerprint density at radius 2 is 1.95 bits per heavy atom. The minimum absolute atomic E-state index is 0.160. The Bertz CT molecular complexity index is 602. The third kappa shape index (κ3) is 3.12. The summed E-state index contributed by atoms with van der Waals surface area (Å²) in [6, 6.07) is 10.5. The first kappa shape index (κ1) is 14.0. The molecule has 0 saturated carbocycles. The van der Waals surface area contributed by atoms with Crippen LogP contribution in [0.5, 0.6) is 11.5 Å². The number of nitrogens with one attached hydrogen (secondary N) is 1. The van der Waals surface area contributed by atoms with Gasteiger partial charge in [-0.2, -0.15) is 0 Å². The zero-order chi connectivity index (χ0) is 14.5. The molecule has 20 heavy (non-hydrogen) atoms. The fourth-order valence-electron chi connectivity index (χ4n) is 1.86. The monoisotopic (exact) mass is 276 g/mol. The summed E-state index contributed by atoms with van der Waals surface area (Å²) in [5.74, 6) is 0.471. The molecule has 2 aromatic rings. The third-order valence-corrected chi connectivity index (χ3v) is 2.94. The molecule has 0 saturated heterocycles. The van der Waals surface area contributed by atoms with Gasteiger partial charge in [0.2, 0.25) is 0 Å². The summed E-state index contributed by atoms with van der Waals surface area (Å²) in [4.78, 5) is 0. The van der Waals surface area contributed by atoms with Crippen LogP contribution in [-0.4, -0.2) is 14.2 Å². The SMILES string of the molecule is COc1cccc(CNc2cc(OC)c(F)cc2N)c1. The standard InChI is InChI=1S/C15H17FN2O2/c1-19-11-5-3-4-10(6-11)9-18-14-8-15(20-2)12(16)7-13(14)17/h3-8,18H,9,17H2,1-2H3. The Hall–Kier alpha value is -2.43. The van der Waals surface area contributed by atoms with Crippen molar-refractivity contribution in [2.24, 2.45) is 0 Å². The highest BCUT2D eigenvalue weighted by Crippen LogP contribution is 2.28. The molecule has 0 amide bonds. The van der Waals surface area contributed by atoms with E-state index in [2.05, 4.69) is 5.32 Å². The molecule has 0 aromatic heterocycles. The van der Waals surface area contributed by atoms with E-state index in [4.69, 9.17) is 15.2 Å². The van der Waals surface area contributed by atoms with Crippen molar-refractivity contribution in [3.05, 3.63) is 47.8 Å². The van der Waals surface area contributed by atoms with Gasteiger partial charge in [0.25, 0.3) is 0 Å². The number of methoxy groups -OCH3 is 2. The molecule has 0 atom stereocenters.